The smallest absolute Gasteiger partial charge is 0.410 e. The van der Waals surface area contributed by atoms with Gasteiger partial charge in [0.25, 0.3) is 0 Å². The summed E-state index contributed by atoms with van der Waals surface area (Å²) in [5.74, 6) is 5.02. The number of nitrogens with zero attached hydrogens (tertiary/aromatic N) is 1. The molecule has 1 aliphatic rings. The number of rotatable bonds is 2. The first kappa shape index (κ1) is 14.2. The highest BCUT2D eigenvalue weighted by atomic mass is 16.6. The quantitative estimate of drug-likeness (QED) is 0.733. The summed E-state index contributed by atoms with van der Waals surface area (Å²) < 4.78 is 10.8. The SMILES string of the molecule is CC(C)(C)OC(=O)N1CCCOC(CON)C1. The third-order valence-electron chi connectivity index (χ3n) is 2.28. The van der Waals surface area contributed by atoms with E-state index in [0.29, 0.717) is 19.7 Å². The van der Waals surface area contributed by atoms with Crippen molar-refractivity contribution in [1.29, 1.82) is 0 Å². The van der Waals surface area contributed by atoms with Crippen LogP contribution in [0.15, 0.2) is 0 Å². The number of ether oxygens (including phenoxy) is 2. The zero-order valence-electron chi connectivity index (χ0n) is 10.8. The third-order valence-corrected chi connectivity index (χ3v) is 2.28. The van der Waals surface area contributed by atoms with Gasteiger partial charge in [0, 0.05) is 13.2 Å². The number of carbonyl (C=O) groups excluding carboxylic acids is 1. The topological polar surface area (TPSA) is 74.0 Å². The fourth-order valence-electron chi connectivity index (χ4n) is 1.60. The number of hydrogen-bond donors (Lipinski definition) is 1. The number of nitrogens with two attached hydrogens (primary N) is 1. The van der Waals surface area contributed by atoms with Gasteiger partial charge in [0.2, 0.25) is 0 Å². The Morgan fingerprint density at radius 1 is 1.53 bits per heavy atom. The molecule has 1 saturated heterocycles. The number of carbonyl (C=O) groups is 1. The van der Waals surface area contributed by atoms with Crippen molar-refractivity contribution in [2.75, 3.05) is 26.3 Å². The maximum absolute atomic E-state index is 11.9. The molecule has 1 heterocycles. The average molecular weight is 246 g/mol. The van der Waals surface area contributed by atoms with Gasteiger partial charge in [0.15, 0.2) is 0 Å². The first-order chi connectivity index (χ1) is 7.92. The van der Waals surface area contributed by atoms with Gasteiger partial charge in [-0.05, 0) is 27.2 Å². The van der Waals surface area contributed by atoms with E-state index in [0.717, 1.165) is 6.42 Å². The predicted molar refractivity (Wildman–Crippen MR) is 62.3 cm³/mol. The molecule has 0 radical (unpaired) electrons. The molecule has 1 fully saturated rings. The lowest BCUT2D eigenvalue weighted by molar-refractivity contribution is -0.0224. The maximum Gasteiger partial charge on any atom is 0.410 e. The molecule has 0 aliphatic carbocycles. The van der Waals surface area contributed by atoms with Crippen molar-refractivity contribution in [2.45, 2.75) is 38.9 Å². The fourth-order valence-corrected chi connectivity index (χ4v) is 1.60. The highest BCUT2D eigenvalue weighted by Gasteiger charge is 2.26. The lowest BCUT2D eigenvalue weighted by Gasteiger charge is -2.27. The van der Waals surface area contributed by atoms with Crippen molar-refractivity contribution in [2.24, 2.45) is 5.90 Å². The van der Waals surface area contributed by atoms with Crippen LogP contribution >= 0.6 is 0 Å². The van der Waals surface area contributed by atoms with Gasteiger partial charge < -0.3 is 19.2 Å². The maximum atomic E-state index is 11.9. The fraction of sp³-hybridized carbons (Fsp3) is 0.909. The van der Waals surface area contributed by atoms with E-state index < -0.39 is 5.60 Å². The molecular weight excluding hydrogens is 224 g/mol. The van der Waals surface area contributed by atoms with Gasteiger partial charge >= 0.3 is 6.09 Å². The Labute approximate surface area is 102 Å². The predicted octanol–water partition coefficient (Wildman–Crippen LogP) is 0.903. The van der Waals surface area contributed by atoms with E-state index in [4.69, 9.17) is 15.4 Å². The lowest BCUT2D eigenvalue weighted by atomic mass is 10.2. The molecule has 2 N–H and O–H groups in total. The van der Waals surface area contributed by atoms with Crippen LogP contribution in [-0.4, -0.2) is 49.0 Å². The molecule has 1 rings (SSSR count). The summed E-state index contributed by atoms with van der Waals surface area (Å²) in [6, 6.07) is 0. The molecule has 0 aromatic rings. The average Bonchev–Trinajstić information content (AvgIpc) is 2.41. The molecule has 1 unspecified atom stereocenters. The Balaban J connectivity index is 2.53. The normalized spacial score (nSPS) is 22.1. The summed E-state index contributed by atoms with van der Waals surface area (Å²) >= 11 is 0. The van der Waals surface area contributed by atoms with Crippen LogP contribution in [0.3, 0.4) is 0 Å². The van der Waals surface area contributed by atoms with Crippen molar-refractivity contribution >= 4 is 6.09 Å². The molecule has 0 bridgehead atoms. The van der Waals surface area contributed by atoms with Crippen molar-refractivity contribution < 1.29 is 19.1 Å². The number of amides is 1. The van der Waals surface area contributed by atoms with Gasteiger partial charge in [-0.1, -0.05) is 0 Å². The molecule has 1 aliphatic heterocycles. The van der Waals surface area contributed by atoms with Gasteiger partial charge in [-0.25, -0.2) is 10.7 Å². The second-order valence-electron chi connectivity index (χ2n) is 5.11. The first-order valence-corrected chi connectivity index (χ1v) is 5.83. The Hall–Kier alpha value is -0.850. The Kier molecular flexibility index (Phi) is 5.17. The molecule has 0 aromatic heterocycles. The molecule has 0 saturated carbocycles. The van der Waals surface area contributed by atoms with Crippen LogP contribution < -0.4 is 5.90 Å². The molecule has 6 nitrogen and oxygen atoms in total. The summed E-state index contributed by atoms with van der Waals surface area (Å²) in [6.07, 6.45) is 0.292. The molecule has 100 valence electrons. The van der Waals surface area contributed by atoms with Crippen molar-refractivity contribution in [3.05, 3.63) is 0 Å². The summed E-state index contributed by atoms with van der Waals surface area (Å²) in [4.78, 5) is 18.1. The summed E-state index contributed by atoms with van der Waals surface area (Å²) in [5, 5.41) is 0. The molecule has 0 aromatic carbocycles. The standard InChI is InChI=1S/C11H22N2O4/c1-11(2,3)17-10(14)13-5-4-6-15-9(7-13)8-16-12/h9H,4-8,12H2,1-3H3. The van der Waals surface area contributed by atoms with E-state index in [1.807, 2.05) is 20.8 Å². The van der Waals surface area contributed by atoms with Crippen molar-refractivity contribution in [1.82, 2.24) is 4.90 Å². The molecule has 0 spiro atoms. The molecule has 1 atom stereocenters. The van der Waals surface area contributed by atoms with Gasteiger partial charge in [-0.15, -0.1) is 0 Å². The molecule has 6 heteroatoms. The largest absolute Gasteiger partial charge is 0.444 e. The van der Waals surface area contributed by atoms with E-state index >= 15 is 0 Å². The van der Waals surface area contributed by atoms with Crippen LogP contribution in [0.5, 0.6) is 0 Å². The van der Waals surface area contributed by atoms with Gasteiger partial charge in [-0.2, -0.15) is 0 Å². The van der Waals surface area contributed by atoms with Gasteiger partial charge in [0.05, 0.1) is 13.2 Å². The summed E-state index contributed by atoms with van der Waals surface area (Å²) in [7, 11) is 0. The van der Waals surface area contributed by atoms with Crippen LogP contribution in [0.25, 0.3) is 0 Å². The lowest BCUT2D eigenvalue weighted by Crippen LogP contribution is -2.41. The number of hydrogen-bond acceptors (Lipinski definition) is 5. The van der Waals surface area contributed by atoms with Crippen LogP contribution in [-0.2, 0) is 14.3 Å². The van der Waals surface area contributed by atoms with E-state index in [2.05, 4.69) is 4.84 Å². The zero-order chi connectivity index (χ0) is 12.9. The zero-order valence-corrected chi connectivity index (χ0v) is 10.8. The summed E-state index contributed by atoms with van der Waals surface area (Å²) in [5.41, 5.74) is -0.482. The van der Waals surface area contributed by atoms with E-state index in [-0.39, 0.29) is 18.8 Å². The second kappa shape index (κ2) is 6.18. The van der Waals surface area contributed by atoms with Gasteiger partial charge in [-0.3, -0.25) is 0 Å². The Morgan fingerprint density at radius 2 is 2.24 bits per heavy atom. The Morgan fingerprint density at radius 3 is 2.82 bits per heavy atom. The van der Waals surface area contributed by atoms with E-state index in [1.54, 1.807) is 4.90 Å². The van der Waals surface area contributed by atoms with Gasteiger partial charge in [0.1, 0.15) is 11.7 Å². The molecular formula is C11H22N2O4. The van der Waals surface area contributed by atoms with Crippen LogP contribution in [0, 0.1) is 0 Å². The van der Waals surface area contributed by atoms with Crippen molar-refractivity contribution in [3.8, 4) is 0 Å². The minimum atomic E-state index is -0.482. The van der Waals surface area contributed by atoms with E-state index in [1.165, 1.54) is 0 Å². The molecule has 1 amide bonds. The molecule has 17 heavy (non-hydrogen) atoms. The van der Waals surface area contributed by atoms with Crippen LogP contribution in [0.2, 0.25) is 0 Å². The van der Waals surface area contributed by atoms with E-state index in [9.17, 15) is 4.79 Å². The summed E-state index contributed by atoms with van der Waals surface area (Å²) in [6.45, 7) is 7.51. The second-order valence-corrected chi connectivity index (χ2v) is 5.11. The third kappa shape index (κ3) is 5.34. The van der Waals surface area contributed by atoms with Crippen molar-refractivity contribution in [3.63, 3.8) is 0 Å². The van der Waals surface area contributed by atoms with Crippen LogP contribution in [0.1, 0.15) is 27.2 Å². The monoisotopic (exact) mass is 246 g/mol. The van der Waals surface area contributed by atoms with Crippen LogP contribution in [0.4, 0.5) is 4.79 Å². The minimum absolute atomic E-state index is 0.185. The Bertz CT molecular complexity index is 252. The highest BCUT2D eigenvalue weighted by molar-refractivity contribution is 5.68. The minimum Gasteiger partial charge on any atom is -0.444 e. The first-order valence-electron chi connectivity index (χ1n) is 5.83. The highest BCUT2D eigenvalue weighted by Crippen LogP contribution is 2.13.